The van der Waals surface area contributed by atoms with Crippen LogP contribution in [0.4, 0.5) is 4.79 Å². The molecule has 4 N–H and O–H groups in total. The van der Waals surface area contributed by atoms with Crippen molar-refractivity contribution in [3.63, 3.8) is 0 Å². The van der Waals surface area contributed by atoms with Gasteiger partial charge in [-0.25, -0.2) is 4.79 Å². The average Bonchev–Trinajstić information content (AvgIpc) is 3.18. The van der Waals surface area contributed by atoms with Crippen LogP contribution in [-0.4, -0.2) is 70.5 Å². The molecule has 2 aliphatic heterocycles. The quantitative estimate of drug-likeness (QED) is 0.321. The molecule has 4 atom stereocenters. The molecule has 2 heterocycles. The van der Waals surface area contributed by atoms with Crippen LogP contribution in [0.25, 0.3) is 0 Å². The van der Waals surface area contributed by atoms with Crippen molar-refractivity contribution in [3.05, 3.63) is 0 Å². The lowest BCUT2D eigenvalue weighted by Gasteiger charge is -2.36. The van der Waals surface area contributed by atoms with Crippen LogP contribution in [0.5, 0.6) is 0 Å². The summed E-state index contributed by atoms with van der Waals surface area (Å²) in [6.45, 7) is 12.1. The molecular weight excluding hydrogens is 482 g/mol. The number of nitrogens with zero attached hydrogens (tertiary/aromatic N) is 1. The summed E-state index contributed by atoms with van der Waals surface area (Å²) in [5.74, 6) is -1.24. The van der Waals surface area contributed by atoms with Crippen molar-refractivity contribution < 1.29 is 24.0 Å². The van der Waals surface area contributed by atoms with Crippen LogP contribution in [0.2, 0.25) is 0 Å². The number of thiol groups is 1. The first kappa shape index (κ1) is 28.3. The molecule has 1 saturated carbocycles. The lowest BCUT2D eigenvalue weighted by Crippen LogP contribution is -2.61. The molecule has 0 unspecified atom stereocenters. The first-order chi connectivity index (χ1) is 16.5. The Morgan fingerprint density at radius 3 is 2.22 bits per heavy atom. The van der Waals surface area contributed by atoms with Crippen LogP contribution in [0.3, 0.4) is 0 Å². The van der Waals surface area contributed by atoms with Gasteiger partial charge in [0.05, 0.1) is 6.04 Å². The van der Waals surface area contributed by atoms with E-state index in [1.54, 1.807) is 4.90 Å². The average molecular weight is 524 g/mol. The molecule has 0 aromatic rings. The zero-order valence-corrected chi connectivity index (χ0v) is 23.1. The molecule has 202 valence electrons. The maximum absolute atomic E-state index is 13.8. The van der Waals surface area contributed by atoms with Gasteiger partial charge in [-0.2, -0.15) is 0 Å². The van der Waals surface area contributed by atoms with Gasteiger partial charge < -0.3 is 26.2 Å². The summed E-state index contributed by atoms with van der Waals surface area (Å²) in [6, 6.07) is -2.98. The number of hydrogen-bond donors (Lipinski definition) is 5. The van der Waals surface area contributed by atoms with Crippen LogP contribution in [-0.2, 0) is 19.2 Å². The Morgan fingerprint density at radius 1 is 1.11 bits per heavy atom. The summed E-state index contributed by atoms with van der Waals surface area (Å²) >= 11 is 3.94. The second kappa shape index (κ2) is 10.2. The maximum Gasteiger partial charge on any atom is 0.315 e. The first-order valence-corrected chi connectivity index (χ1v) is 13.2. The van der Waals surface area contributed by atoms with Crippen LogP contribution in [0.1, 0.15) is 73.6 Å². The van der Waals surface area contributed by atoms with E-state index < -0.39 is 46.1 Å². The van der Waals surface area contributed by atoms with Gasteiger partial charge in [-0.3, -0.25) is 19.2 Å². The highest BCUT2D eigenvalue weighted by Gasteiger charge is 2.56. The van der Waals surface area contributed by atoms with Crippen molar-refractivity contribution in [1.29, 1.82) is 0 Å². The summed E-state index contributed by atoms with van der Waals surface area (Å²) in [5, 5.41) is 10.6. The second-order valence-corrected chi connectivity index (χ2v) is 13.2. The van der Waals surface area contributed by atoms with Gasteiger partial charge in [-0.15, -0.1) is 12.6 Å². The predicted octanol–water partition coefficient (Wildman–Crippen LogP) is 1.35. The molecule has 2 saturated heterocycles. The first-order valence-electron chi connectivity index (χ1n) is 12.7. The molecule has 0 aromatic heterocycles. The van der Waals surface area contributed by atoms with Gasteiger partial charge in [-0.1, -0.05) is 20.8 Å². The highest BCUT2D eigenvalue weighted by Crippen LogP contribution is 2.55. The SMILES string of the molecule is CC(C)(C)NC(=O)N[C@H](C(=O)N1CC2(CC2)C[C@H]1C(=O)N[C@@H](C[C@@H]1CCNC1=O)C(=O)S)C(C)(C)C. The number of rotatable bonds is 7. The summed E-state index contributed by atoms with van der Waals surface area (Å²) in [5.41, 5.74) is -1.18. The van der Waals surface area contributed by atoms with E-state index in [1.807, 2.05) is 41.5 Å². The molecule has 3 aliphatic rings. The molecular formula is C25H41N5O5S. The Morgan fingerprint density at radius 2 is 1.75 bits per heavy atom. The fourth-order valence-corrected chi connectivity index (χ4v) is 5.20. The van der Waals surface area contributed by atoms with Crippen molar-refractivity contribution in [2.45, 2.75) is 97.3 Å². The third kappa shape index (κ3) is 6.92. The number of hydrogen-bond acceptors (Lipinski definition) is 5. The number of nitrogens with one attached hydrogen (secondary N) is 4. The van der Waals surface area contributed by atoms with E-state index in [2.05, 4.69) is 33.9 Å². The predicted molar refractivity (Wildman–Crippen MR) is 138 cm³/mol. The van der Waals surface area contributed by atoms with E-state index in [1.165, 1.54) is 0 Å². The fraction of sp³-hybridized carbons (Fsp3) is 0.800. The third-order valence-corrected chi connectivity index (χ3v) is 7.54. The Labute approximate surface area is 218 Å². The smallest absolute Gasteiger partial charge is 0.315 e. The number of amides is 5. The Hall–Kier alpha value is -2.30. The molecule has 11 heteroatoms. The van der Waals surface area contributed by atoms with Crippen molar-refractivity contribution in [2.24, 2.45) is 16.7 Å². The van der Waals surface area contributed by atoms with Gasteiger partial charge >= 0.3 is 6.03 Å². The zero-order valence-electron chi connectivity index (χ0n) is 22.2. The summed E-state index contributed by atoms with van der Waals surface area (Å²) in [6.07, 6.45) is 3.13. The van der Waals surface area contributed by atoms with Crippen molar-refractivity contribution in [2.75, 3.05) is 13.1 Å². The van der Waals surface area contributed by atoms with Gasteiger partial charge in [0.1, 0.15) is 12.1 Å². The second-order valence-electron chi connectivity index (χ2n) is 12.7. The Bertz CT molecular complexity index is 921. The Kier molecular flexibility index (Phi) is 8.03. The highest BCUT2D eigenvalue weighted by atomic mass is 32.1. The van der Waals surface area contributed by atoms with E-state index in [9.17, 15) is 24.0 Å². The molecule has 0 aromatic carbocycles. The van der Waals surface area contributed by atoms with E-state index in [0.717, 1.165) is 12.8 Å². The van der Waals surface area contributed by atoms with Crippen LogP contribution in [0.15, 0.2) is 0 Å². The molecule has 36 heavy (non-hydrogen) atoms. The van der Waals surface area contributed by atoms with E-state index in [-0.39, 0.29) is 29.6 Å². The lowest BCUT2D eigenvalue weighted by atomic mass is 9.85. The molecule has 10 nitrogen and oxygen atoms in total. The number of likely N-dealkylation sites (tertiary alicyclic amines) is 1. The molecule has 1 aliphatic carbocycles. The summed E-state index contributed by atoms with van der Waals surface area (Å²) in [4.78, 5) is 65.7. The van der Waals surface area contributed by atoms with Gasteiger partial charge in [0.25, 0.3) is 0 Å². The van der Waals surface area contributed by atoms with Crippen molar-refractivity contribution in [3.8, 4) is 0 Å². The van der Waals surface area contributed by atoms with Crippen molar-refractivity contribution >= 4 is 41.5 Å². The molecule has 1 spiro atoms. The molecule has 0 bridgehead atoms. The van der Waals surface area contributed by atoms with Gasteiger partial charge in [0.15, 0.2) is 0 Å². The van der Waals surface area contributed by atoms with Gasteiger partial charge in [0, 0.05) is 24.5 Å². The van der Waals surface area contributed by atoms with E-state index in [4.69, 9.17) is 0 Å². The van der Waals surface area contributed by atoms with Crippen LogP contribution < -0.4 is 21.3 Å². The maximum atomic E-state index is 13.8. The highest BCUT2D eigenvalue weighted by molar-refractivity contribution is 7.96. The summed E-state index contributed by atoms with van der Waals surface area (Å²) < 4.78 is 0. The third-order valence-electron chi connectivity index (χ3n) is 7.23. The standard InChI is InChI=1S/C25H41N5O5S/c1-23(2,3)17(28-22(35)29-24(4,5)6)20(33)30-13-25(8-9-25)12-16(30)19(32)27-15(21(34)36)11-14-7-10-26-18(14)31/h14-17H,7-13H2,1-6H3,(H,26,31)(H,27,32)(H,34,36)(H2,28,29,35)/t14-,15-,16-,17+/m0/s1. The number of carbonyl (C=O) groups excluding carboxylic acids is 5. The fourth-order valence-electron chi connectivity index (χ4n) is 5.03. The van der Waals surface area contributed by atoms with Gasteiger partial charge in [-0.05, 0) is 63.7 Å². The topological polar surface area (TPSA) is 137 Å². The molecule has 5 amide bonds. The Balaban J connectivity index is 1.77. The number of urea groups is 1. The number of carbonyl (C=O) groups is 5. The normalized spacial score (nSPS) is 24.6. The van der Waals surface area contributed by atoms with E-state index >= 15 is 0 Å². The minimum absolute atomic E-state index is 0.0976. The summed E-state index contributed by atoms with van der Waals surface area (Å²) in [7, 11) is 0. The van der Waals surface area contributed by atoms with Crippen LogP contribution in [0, 0.1) is 16.7 Å². The van der Waals surface area contributed by atoms with Crippen LogP contribution >= 0.6 is 12.6 Å². The van der Waals surface area contributed by atoms with Crippen molar-refractivity contribution in [1.82, 2.24) is 26.2 Å². The molecule has 3 rings (SSSR count). The molecule has 0 radical (unpaired) electrons. The monoisotopic (exact) mass is 523 g/mol. The van der Waals surface area contributed by atoms with E-state index in [0.29, 0.717) is 25.9 Å². The lowest BCUT2D eigenvalue weighted by molar-refractivity contribution is -0.142. The zero-order chi connectivity index (χ0) is 27.1. The van der Waals surface area contributed by atoms with Gasteiger partial charge in [0.2, 0.25) is 22.8 Å². The largest absolute Gasteiger partial charge is 0.356 e. The molecule has 3 fully saturated rings. The minimum atomic E-state index is -0.920. The minimum Gasteiger partial charge on any atom is -0.356 e.